The van der Waals surface area contributed by atoms with Crippen LogP contribution in [-0.4, -0.2) is 31.1 Å². The van der Waals surface area contributed by atoms with Crippen LogP contribution in [0, 0.1) is 13.8 Å². The molecule has 1 aliphatic rings. The Bertz CT molecular complexity index is 1310. The lowest BCUT2D eigenvalue weighted by Crippen LogP contribution is -2.29. The van der Waals surface area contributed by atoms with Crippen LogP contribution in [0.4, 0.5) is 0 Å². The largest absolute Gasteiger partial charge is 0.438 e. The molecule has 1 fully saturated rings. The summed E-state index contributed by atoms with van der Waals surface area (Å²) in [6, 6.07) is 11.0. The maximum Gasteiger partial charge on any atom is 0.269 e. The lowest BCUT2D eigenvalue weighted by atomic mass is 10.1. The van der Waals surface area contributed by atoms with Gasteiger partial charge in [0.05, 0.1) is 4.91 Å². The molecule has 1 aliphatic heterocycles. The molecule has 3 heterocycles. The third-order valence-corrected chi connectivity index (χ3v) is 6.76. The number of aryl methyl sites for hydroxylation is 1. The van der Waals surface area contributed by atoms with Gasteiger partial charge < -0.3 is 4.74 Å². The number of ether oxygens (including phenoxy) is 1. The zero-order valence-electron chi connectivity index (χ0n) is 18.1. The SMILES string of the molecule is CCCCN1C(=O)/C(=C\c2c(Oc3cccc(C)c3C)nc3ccccn3c2=O)SC1=S. The Morgan fingerprint density at radius 3 is 2.75 bits per heavy atom. The molecule has 2 aromatic heterocycles. The molecule has 6 nitrogen and oxygen atoms in total. The fourth-order valence-corrected chi connectivity index (χ4v) is 4.65. The monoisotopic (exact) mass is 465 g/mol. The van der Waals surface area contributed by atoms with Gasteiger partial charge in [0, 0.05) is 12.7 Å². The Morgan fingerprint density at radius 1 is 1.16 bits per heavy atom. The zero-order valence-corrected chi connectivity index (χ0v) is 19.8. The first kappa shape index (κ1) is 22.2. The summed E-state index contributed by atoms with van der Waals surface area (Å²) >= 11 is 6.60. The van der Waals surface area contributed by atoms with Crippen molar-refractivity contribution in [2.75, 3.05) is 6.54 Å². The van der Waals surface area contributed by atoms with Crippen LogP contribution in [-0.2, 0) is 4.79 Å². The van der Waals surface area contributed by atoms with E-state index in [1.54, 1.807) is 29.3 Å². The molecular weight excluding hydrogens is 442 g/mol. The highest BCUT2D eigenvalue weighted by Crippen LogP contribution is 2.34. The maximum absolute atomic E-state index is 13.4. The van der Waals surface area contributed by atoms with Gasteiger partial charge in [-0.3, -0.25) is 18.9 Å². The number of amides is 1. The van der Waals surface area contributed by atoms with E-state index >= 15 is 0 Å². The quantitative estimate of drug-likeness (QED) is 0.373. The second-order valence-electron chi connectivity index (χ2n) is 7.55. The Hall–Kier alpha value is -2.97. The van der Waals surface area contributed by atoms with Gasteiger partial charge in [0.15, 0.2) is 0 Å². The van der Waals surface area contributed by atoms with E-state index in [9.17, 15) is 9.59 Å². The highest BCUT2D eigenvalue weighted by atomic mass is 32.2. The van der Waals surface area contributed by atoms with Crippen LogP contribution < -0.4 is 10.3 Å². The fraction of sp³-hybridized carbons (Fsp3) is 0.250. The van der Waals surface area contributed by atoms with Crippen molar-refractivity contribution < 1.29 is 9.53 Å². The van der Waals surface area contributed by atoms with E-state index < -0.39 is 0 Å². The molecule has 0 bridgehead atoms. The number of hydrogen-bond donors (Lipinski definition) is 0. The van der Waals surface area contributed by atoms with Gasteiger partial charge in [-0.1, -0.05) is 55.5 Å². The molecule has 0 radical (unpaired) electrons. The minimum Gasteiger partial charge on any atom is -0.438 e. The predicted octanol–water partition coefficient (Wildman–Crippen LogP) is 5.10. The van der Waals surface area contributed by atoms with E-state index in [0.29, 0.717) is 27.2 Å². The number of pyridine rings is 1. The van der Waals surface area contributed by atoms with Gasteiger partial charge in [-0.2, -0.15) is 4.98 Å². The molecule has 0 N–H and O–H groups in total. The van der Waals surface area contributed by atoms with Gasteiger partial charge in [-0.25, -0.2) is 0 Å². The Kier molecular flexibility index (Phi) is 6.43. The van der Waals surface area contributed by atoms with E-state index in [2.05, 4.69) is 11.9 Å². The summed E-state index contributed by atoms with van der Waals surface area (Å²) in [4.78, 5) is 32.9. The second-order valence-corrected chi connectivity index (χ2v) is 9.23. The minimum atomic E-state index is -0.310. The first-order valence-electron chi connectivity index (χ1n) is 10.4. The topological polar surface area (TPSA) is 63.9 Å². The zero-order chi connectivity index (χ0) is 22.8. The van der Waals surface area contributed by atoms with Crippen LogP contribution >= 0.6 is 24.0 Å². The number of aromatic nitrogens is 2. The van der Waals surface area contributed by atoms with Crippen LogP contribution in [0.25, 0.3) is 11.7 Å². The molecule has 1 saturated heterocycles. The number of thiocarbonyl (C=S) groups is 1. The molecule has 1 amide bonds. The first-order valence-corrected chi connectivity index (χ1v) is 11.6. The van der Waals surface area contributed by atoms with Gasteiger partial charge in [0.1, 0.15) is 21.3 Å². The van der Waals surface area contributed by atoms with Crippen molar-refractivity contribution >= 4 is 45.9 Å². The number of rotatable bonds is 6. The van der Waals surface area contributed by atoms with Crippen molar-refractivity contribution in [2.45, 2.75) is 33.6 Å². The number of carbonyl (C=O) groups excluding carboxylic acids is 1. The maximum atomic E-state index is 13.4. The normalized spacial score (nSPS) is 15.2. The Balaban J connectivity index is 1.84. The third kappa shape index (κ3) is 4.20. The Morgan fingerprint density at radius 2 is 1.97 bits per heavy atom. The van der Waals surface area contributed by atoms with Crippen LogP contribution in [0.3, 0.4) is 0 Å². The molecular formula is C24H23N3O3S2. The summed E-state index contributed by atoms with van der Waals surface area (Å²) in [7, 11) is 0. The summed E-state index contributed by atoms with van der Waals surface area (Å²) in [5, 5.41) is 0. The minimum absolute atomic E-state index is 0.161. The first-order chi connectivity index (χ1) is 15.4. The number of fused-ring (bicyclic) bond motifs is 1. The summed E-state index contributed by atoms with van der Waals surface area (Å²) < 4.78 is 8.08. The molecule has 0 unspecified atom stereocenters. The average molecular weight is 466 g/mol. The molecule has 1 aromatic carbocycles. The van der Waals surface area contributed by atoms with Crippen molar-refractivity contribution in [2.24, 2.45) is 0 Å². The number of nitrogens with zero attached hydrogens (tertiary/aromatic N) is 3. The molecule has 8 heteroatoms. The van der Waals surface area contributed by atoms with Crippen molar-refractivity contribution in [3.8, 4) is 11.6 Å². The van der Waals surface area contributed by atoms with Gasteiger partial charge in [-0.05, 0) is 55.7 Å². The summed E-state index contributed by atoms with van der Waals surface area (Å²) in [6.45, 7) is 6.58. The molecule has 0 saturated carbocycles. The number of benzene rings is 1. The lowest BCUT2D eigenvalue weighted by Gasteiger charge is -2.13. The van der Waals surface area contributed by atoms with Crippen LogP contribution in [0.15, 0.2) is 52.3 Å². The van der Waals surface area contributed by atoms with Crippen molar-refractivity contribution in [1.29, 1.82) is 0 Å². The number of unbranched alkanes of at least 4 members (excludes halogenated alkanes) is 1. The molecule has 0 aliphatic carbocycles. The summed E-state index contributed by atoms with van der Waals surface area (Å²) in [5.41, 5.74) is 2.39. The van der Waals surface area contributed by atoms with E-state index in [4.69, 9.17) is 17.0 Å². The van der Waals surface area contributed by atoms with E-state index in [1.807, 2.05) is 38.1 Å². The number of thioether (sulfide) groups is 1. The van der Waals surface area contributed by atoms with Crippen LogP contribution in [0.1, 0.15) is 36.5 Å². The van der Waals surface area contributed by atoms with E-state index in [1.165, 1.54) is 16.2 Å². The van der Waals surface area contributed by atoms with Crippen LogP contribution in [0.2, 0.25) is 0 Å². The van der Waals surface area contributed by atoms with Gasteiger partial charge in [0.2, 0.25) is 5.88 Å². The van der Waals surface area contributed by atoms with Gasteiger partial charge >= 0.3 is 0 Å². The average Bonchev–Trinajstić information content (AvgIpc) is 3.05. The van der Waals surface area contributed by atoms with Crippen molar-refractivity contribution in [3.05, 3.63) is 74.5 Å². The molecule has 0 atom stereocenters. The molecule has 32 heavy (non-hydrogen) atoms. The van der Waals surface area contributed by atoms with E-state index in [0.717, 1.165) is 24.0 Å². The molecule has 3 aromatic rings. The number of carbonyl (C=O) groups is 1. The predicted molar refractivity (Wildman–Crippen MR) is 132 cm³/mol. The van der Waals surface area contributed by atoms with Gasteiger partial charge in [-0.15, -0.1) is 0 Å². The lowest BCUT2D eigenvalue weighted by molar-refractivity contribution is -0.122. The smallest absolute Gasteiger partial charge is 0.269 e. The van der Waals surface area contributed by atoms with Crippen molar-refractivity contribution in [3.63, 3.8) is 0 Å². The van der Waals surface area contributed by atoms with Crippen molar-refractivity contribution in [1.82, 2.24) is 14.3 Å². The van der Waals surface area contributed by atoms with E-state index in [-0.39, 0.29) is 22.9 Å². The highest BCUT2D eigenvalue weighted by molar-refractivity contribution is 8.26. The Labute approximate surface area is 195 Å². The number of hydrogen-bond acceptors (Lipinski definition) is 6. The summed E-state index contributed by atoms with van der Waals surface area (Å²) in [6.07, 6.45) is 5.03. The highest BCUT2D eigenvalue weighted by Gasteiger charge is 2.32. The fourth-order valence-electron chi connectivity index (χ4n) is 3.36. The molecule has 164 valence electrons. The molecule has 0 spiro atoms. The second kappa shape index (κ2) is 9.26. The third-order valence-electron chi connectivity index (χ3n) is 5.38. The van der Waals surface area contributed by atoms with Crippen LogP contribution in [0.5, 0.6) is 11.6 Å². The van der Waals surface area contributed by atoms with Gasteiger partial charge in [0.25, 0.3) is 11.5 Å². The summed E-state index contributed by atoms with van der Waals surface area (Å²) in [5.74, 6) is 0.583. The standard InChI is InChI=1S/C24H23N3O3S2/c1-4-5-12-27-23(29)19(32-24(27)31)14-17-21(30-18-10-8-9-15(2)16(18)3)25-20-11-6-7-13-26(20)22(17)28/h6-11,13-14H,4-5,12H2,1-3H3/b19-14+. The molecule has 4 rings (SSSR count).